The lowest BCUT2D eigenvalue weighted by molar-refractivity contribution is 0.937. The van der Waals surface area contributed by atoms with Gasteiger partial charge in [-0.05, 0) is 42.0 Å². The Hall–Kier alpha value is -2.07. The zero-order valence-corrected chi connectivity index (χ0v) is 10.9. The average molecular weight is 235 g/mol. The minimum Gasteiger partial charge on any atom is -0.247 e. The van der Waals surface area contributed by atoms with Gasteiger partial charge in [-0.1, -0.05) is 44.0 Å². The summed E-state index contributed by atoms with van der Waals surface area (Å²) in [6.45, 7) is 4.00. The van der Waals surface area contributed by atoms with Crippen LogP contribution in [0.2, 0.25) is 0 Å². The van der Waals surface area contributed by atoms with Gasteiger partial charge in [0.25, 0.3) is 0 Å². The van der Waals surface area contributed by atoms with Crippen LogP contribution < -0.4 is 0 Å². The monoisotopic (exact) mass is 235 g/mol. The normalized spacial score (nSPS) is 11.4. The van der Waals surface area contributed by atoms with Gasteiger partial charge in [-0.2, -0.15) is 0 Å². The largest absolute Gasteiger partial charge is 0.247 e. The zero-order valence-electron chi connectivity index (χ0n) is 10.9. The topological polar surface area (TPSA) is 12.9 Å². The molecule has 1 heterocycles. The van der Waals surface area contributed by atoms with Gasteiger partial charge in [-0.25, -0.2) is 4.98 Å². The number of pyridine rings is 1. The molecule has 1 heteroatoms. The van der Waals surface area contributed by atoms with Crippen LogP contribution in [0.25, 0.3) is 0 Å². The highest BCUT2D eigenvalue weighted by atomic mass is 14.7. The molecule has 0 saturated heterocycles. The second kappa shape index (κ2) is 6.02. The first kappa shape index (κ1) is 12.4. The fourth-order valence-corrected chi connectivity index (χ4v) is 2.01. The Morgan fingerprint density at radius 2 is 1.61 bits per heavy atom. The molecule has 1 aliphatic rings. The summed E-state index contributed by atoms with van der Waals surface area (Å²) in [6, 6.07) is 12.4. The molecule has 1 aromatic carbocycles. The molecule has 1 nitrogen and oxygen atoms in total. The molecular formula is C17H17N. The number of benzene rings is 1. The minimum absolute atomic E-state index is 0.928. The van der Waals surface area contributed by atoms with Crippen molar-refractivity contribution in [3.8, 4) is 11.8 Å². The number of fused-ring (bicyclic) bond motifs is 2. The van der Waals surface area contributed by atoms with Gasteiger partial charge < -0.3 is 0 Å². The van der Waals surface area contributed by atoms with E-state index in [-0.39, 0.29) is 0 Å². The first-order valence-corrected chi connectivity index (χ1v) is 6.47. The molecule has 0 aliphatic heterocycles. The van der Waals surface area contributed by atoms with Gasteiger partial charge >= 0.3 is 0 Å². The molecule has 0 fully saturated rings. The van der Waals surface area contributed by atoms with Gasteiger partial charge in [0.05, 0.1) is 0 Å². The van der Waals surface area contributed by atoms with Crippen LogP contribution in [0.3, 0.4) is 0 Å². The second-order valence-electron chi connectivity index (χ2n) is 3.92. The van der Waals surface area contributed by atoms with Crippen LogP contribution in [0.5, 0.6) is 0 Å². The molecule has 0 amide bonds. The van der Waals surface area contributed by atoms with E-state index >= 15 is 0 Å². The number of rotatable bonds is 0. The predicted molar refractivity (Wildman–Crippen MR) is 75.4 cm³/mol. The predicted octanol–water partition coefficient (Wildman–Crippen LogP) is 3.61. The molecular weight excluding hydrogens is 218 g/mol. The summed E-state index contributed by atoms with van der Waals surface area (Å²) in [6.07, 6.45) is 3.87. The quantitative estimate of drug-likeness (QED) is 0.636. The van der Waals surface area contributed by atoms with E-state index < -0.39 is 0 Å². The minimum atomic E-state index is 0.928. The van der Waals surface area contributed by atoms with Crippen LogP contribution in [0, 0.1) is 11.8 Å². The maximum atomic E-state index is 4.32. The van der Waals surface area contributed by atoms with E-state index in [0.717, 1.165) is 24.1 Å². The Labute approximate surface area is 109 Å². The molecule has 18 heavy (non-hydrogen) atoms. The molecule has 1 aliphatic carbocycles. The fraction of sp³-hybridized carbons (Fsp3) is 0.235. The number of aromatic nitrogens is 1. The van der Waals surface area contributed by atoms with Crippen molar-refractivity contribution in [2.24, 2.45) is 0 Å². The molecule has 2 aromatic rings. The number of hydrogen-bond donors (Lipinski definition) is 0. The summed E-state index contributed by atoms with van der Waals surface area (Å²) in [5, 5.41) is 0. The lowest BCUT2D eigenvalue weighted by Gasteiger charge is -2.08. The Balaban J connectivity index is 0.000000574. The molecule has 0 atom stereocenters. The molecule has 0 saturated carbocycles. The van der Waals surface area contributed by atoms with Crippen molar-refractivity contribution in [1.82, 2.24) is 4.98 Å². The Morgan fingerprint density at radius 3 is 2.50 bits per heavy atom. The summed E-state index contributed by atoms with van der Waals surface area (Å²) in [5.74, 6) is 6.37. The third-order valence-electron chi connectivity index (χ3n) is 2.89. The SMILES string of the molecule is C1#Cc2ncccc2CCc2ccccc21.CC. The van der Waals surface area contributed by atoms with E-state index in [2.05, 4.69) is 41.1 Å². The molecule has 0 radical (unpaired) electrons. The van der Waals surface area contributed by atoms with Gasteiger partial charge in [0.15, 0.2) is 0 Å². The lowest BCUT2D eigenvalue weighted by Crippen LogP contribution is -2.01. The van der Waals surface area contributed by atoms with E-state index in [4.69, 9.17) is 0 Å². The highest BCUT2D eigenvalue weighted by molar-refractivity contribution is 5.48. The van der Waals surface area contributed by atoms with E-state index in [1.54, 1.807) is 6.20 Å². The first-order valence-electron chi connectivity index (χ1n) is 6.47. The molecule has 1 aromatic heterocycles. The van der Waals surface area contributed by atoms with Crippen molar-refractivity contribution in [3.63, 3.8) is 0 Å². The van der Waals surface area contributed by atoms with Crippen LogP contribution in [-0.2, 0) is 12.8 Å². The number of hydrogen-bond acceptors (Lipinski definition) is 1. The van der Waals surface area contributed by atoms with Crippen LogP contribution in [-0.4, -0.2) is 4.98 Å². The summed E-state index contributed by atoms with van der Waals surface area (Å²) < 4.78 is 0. The van der Waals surface area contributed by atoms with E-state index in [0.29, 0.717) is 0 Å². The first-order chi connectivity index (χ1) is 8.93. The highest BCUT2D eigenvalue weighted by Crippen LogP contribution is 2.15. The van der Waals surface area contributed by atoms with Crippen molar-refractivity contribution in [1.29, 1.82) is 0 Å². The summed E-state index contributed by atoms with van der Waals surface area (Å²) in [4.78, 5) is 4.32. The standard InChI is InChI=1S/C15H11N.C2H6/c1-2-5-13-9-10-15-14(6-3-11-16-15)8-7-12(13)4-1;1-2/h1-6,11H,7-8H2;1-2H3. The maximum Gasteiger partial charge on any atom is 0.116 e. The van der Waals surface area contributed by atoms with Crippen LogP contribution in [0.4, 0.5) is 0 Å². The van der Waals surface area contributed by atoms with Gasteiger partial charge in [0.2, 0.25) is 0 Å². The van der Waals surface area contributed by atoms with Crippen molar-refractivity contribution in [2.75, 3.05) is 0 Å². The summed E-state index contributed by atoms with van der Waals surface area (Å²) in [5.41, 5.74) is 4.66. The maximum absolute atomic E-state index is 4.32. The van der Waals surface area contributed by atoms with Gasteiger partial charge in [-0.15, -0.1) is 0 Å². The lowest BCUT2D eigenvalue weighted by atomic mass is 9.97. The van der Waals surface area contributed by atoms with Crippen LogP contribution in [0.1, 0.15) is 36.2 Å². The van der Waals surface area contributed by atoms with Crippen LogP contribution >= 0.6 is 0 Å². The van der Waals surface area contributed by atoms with Crippen molar-refractivity contribution in [2.45, 2.75) is 26.7 Å². The molecule has 0 spiro atoms. The van der Waals surface area contributed by atoms with Crippen molar-refractivity contribution < 1.29 is 0 Å². The Bertz CT molecular complexity index is 536. The number of aryl methyl sites for hydroxylation is 2. The zero-order chi connectivity index (χ0) is 12.8. The van der Waals surface area contributed by atoms with E-state index in [1.165, 1.54) is 11.1 Å². The van der Waals surface area contributed by atoms with Crippen LogP contribution in [0.15, 0.2) is 42.6 Å². The Morgan fingerprint density at radius 1 is 0.889 bits per heavy atom. The molecule has 0 N–H and O–H groups in total. The molecule has 3 rings (SSSR count). The highest BCUT2D eigenvalue weighted by Gasteiger charge is 2.06. The summed E-state index contributed by atoms with van der Waals surface area (Å²) in [7, 11) is 0. The van der Waals surface area contributed by atoms with Crippen molar-refractivity contribution >= 4 is 0 Å². The third-order valence-corrected chi connectivity index (χ3v) is 2.89. The van der Waals surface area contributed by atoms with E-state index in [1.807, 2.05) is 26.0 Å². The Kier molecular flexibility index (Phi) is 4.15. The molecule has 0 bridgehead atoms. The molecule has 0 unspecified atom stereocenters. The smallest absolute Gasteiger partial charge is 0.116 e. The molecule has 90 valence electrons. The summed E-state index contributed by atoms with van der Waals surface area (Å²) >= 11 is 0. The number of nitrogens with zero attached hydrogens (tertiary/aromatic N) is 1. The average Bonchev–Trinajstić information content (AvgIpc) is 2.44. The van der Waals surface area contributed by atoms with Gasteiger partial charge in [0.1, 0.15) is 5.69 Å². The fourth-order valence-electron chi connectivity index (χ4n) is 2.01. The van der Waals surface area contributed by atoms with E-state index in [9.17, 15) is 0 Å². The van der Waals surface area contributed by atoms with Gasteiger partial charge in [-0.3, -0.25) is 0 Å². The second-order valence-corrected chi connectivity index (χ2v) is 3.92. The third kappa shape index (κ3) is 2.60. The van der Waals surface area contributed by atoms with Crippen molar-refractivity contribution in [3.05, 3.63) is 65.0 Å². The van der Waals surface area contributed by atoms with Gasteiger partial charge in [0, 0.05) is 11.8 Å².